The zero-order chi connectivity index (χ0) is 32.5. The number of hydrogen-bond donors (Lipinski definition) is 5. The summed E-state index contributed by atoms with van der Waals surface area (Å²) in [5, 5.41) is 11.6. The summed E-state index contributed by atoms with van der Waals surface area (Å²) in [6.07, 6.45) is 14.8. The first-order valence-corrected chi connectivity index (χ1v) is 17.2. The van der Waals surface area contributed by atoms with E-state index in [4.69, 9.17) is 10.5 Å². The van der Waals surface area contributed by atoms with Crippen LogP contribution in [0, 0.1) is 0 Å². The normalized spacial score (nSPS) is 13.6. The van der Waals surface area contributed by atoms with Crippen molar-refractivity contribution in [3.8, 4) is 5.75 Å². The highest BCUT2D eigenvalue weighted by atomic mass is 16.5. The highest BCUT2D eigenvalue weighted by Crippen LogP contribution is 2.18. The van der Waals surface area contributed by atoms with Crippen molar-refractivity contribution in [2.24, 2.45) is 5.73 Å². The van der Waals surface area contributed by atoms with Crippen molar-refractivity contribution in [1.29, 1.82) is 0 Å². The number of nitrogens with one attached hydrogen (secondary N) is 4. The fourth-order valence-electron chi connectivity index (χ4n) is 5.28. The number of rotatable bonds is 26. The van der Waals surface area contributed by atoms with Crippen molar-refractivity contribution in [3.05, 3.63) is 24.3 Å². The van der Waals surface area contributed by atoms with Crippen molar-refractivity contribution in [1.82, 2.24) is 20.9 Å². The smallest absolute Gasteiger partial charge is 0.263 e. The maximum atomic E-state index is 13.0. The van der Waals surface area contributed by atoms with E-state index in [0.29, 0.717) is 37.4 Å². The Bertz CT molecular complexity index is 1000. The van der Waals surface area contributed by atoms with Gasteiger partial charge in [-0.15, -0.1) is 0 Å². The molecular formula is C34H58N6O5. The predicted octanol–water partition coefficient (Wildman–Crippen LogP) is 4.21. The number of primary amides is 1. The highest BCUT2D eigenvalue weighted by molar-refractivity contribution is 5.90. The quantitative estimate of drug-likeness (QED) is 0.0759. The number of anilines is 1. The minimum Gasteiger partial charge on any atom is -0.494 e. The van der Waals surface area contributed by atoms with Gasteiger partial charge in [-0.25, -0.2) is 0 Å². The standard InChI is InChI=1S/C34H58N6O5/c1-2-3-4-5-6-7-8-9-10-11-21-36-31(42)18-15-26-45-29-17-14-16-28(27-29)38-33(39-32(43)20-19-30(35)41)34(44)37-22-25-40-23-12-13-24-40/h14,16-17,27,33,38H,2-13,15,18-26H2,1H3,(H2,35,41)(H,36,42)(H,37,44)(H,39,43). The van der Waals surface area contributed by atoms with E-state index in [0.717, 1.165) is 39.0 Å². The van der Waals surface area contributed by atoms with E-state index in [1.807, 2.05) is 0 Å². The molecule has 1 saturated heterocycles. The first kappa shape index (κ1) is 37.8. The Morgan fingerprint density at radius 2 is 1.51 bits per heavy atom. The van der Waals surface area contributed by atoms with Crippen LogP contribution < -0.4 is 31.7 Å². The van der Waals surface area contributed by atoms with E-state index < -0.39 is 18.0 Å². The fourth-order valence-corrected chi connectivity index (χ4v) is 5.28. The Morgan fingerprint density at radius 1 is 0.822 bits per heavy atom. The summed E-state index contributed by atoms with van der Waals surface area (Å²) in [5.74, 6) is -0.799. The molecule has 45 heavy (non-hydrogen) atoms. The molecule has 1 fully saturated rings. The molecule has 0 bridgehead atoms. The van der Waals surface area contributed by atoms with Crippen LogP contribution in [0.5, 0.6) is 5.75 Å². The summed E-state index contributed by atoms with van der Waals surface area (Å²) in [4.78, 5) is 51.0. The number of hydrogen-bond acceptors (Lipinski definition) is 7. The molecule has 1 heterocycles. The van der Waals surface area contributed by atoms with Gasteiger partial charge >= 0.3 is 0 Å². The number of nitrogens with zero attached hydrogens (tertiary/aromatic N) is 1. The van der Waals surface area contributed by atoms with E-state index in [1.54, 1.807) is 24.3 Å². The molecular weight excluding hydrogens is 572 g/mol. The molecule has 1 aliphatic heterocycles. The molecule has 1 aromatic carbocycles. The van der Waals surface area contributed by atoms with Gasteiger partial charge in [0.25, 0.3) is 5.91 Å². The number of benzene rings is 1. The Morgan fingerprint density at radius 3 is 2.20 bits per heavy atom. The summed E-state index contributed by atoms with van der Waals surface area (Å²) < 4.78 is 5.85. The van der Waals surface area contributed by atoms with E-state index in [9.17, 15) is 19.2 Å². The van der Waals surface area contributed by atoms with Gasteiger partial charge in [-0.3, -0.25) is 19.2 Å². The second-order valence-electron chi connectivity index (χ2n) is 12.0. The highest BCUT2D eigenvalue weighted by Gasteiger charge is 2.21. The molecule has 1 aromatic rings. The molecule has 11 heteroatoms. The first-order valence-electron chi connectivity index (χ1n) is 17.2. The third-order valence-electron chi connectivity index (χ3n) is 7.91. The third-order valence-corrected chi connectivity index (χ3v) is 7.91. The van der Waals surface area contributed by atoms with Crippen LogP contribution in [0.4, 0.5) is 5.69 Å². The Hall–Kier alpha value is -3.34. The van der Waals surface area contributed by atoms with Crippen molar-refractivity contribution >= 4 is 29.3 Å². The van der Waals surface area contributed by atoms with Crippen LogP contribution in [0.15, 0.2) is 24.3 Å². The molecule has 254 valence electrons. The van der Waals surface area contributed by atoms with Crippen LogP contribution in [0.3, 0.4) is 0 Å². The zero-order valence-electron chi connectivity index (χ0n) is 27.5. The molecule has 0 radical (unpaired) electrons. The number of amides is 4. The molecule has 0 aliphatic carbocycles. The molecule has 0 aromatic heterocycles. The van der Waals surface area contributed by atoms with Crippen LogP contribution in [0.25, 0.3) is 0 Å². The van der Waals surface area contributed by atoms with Gasteiger partial charge in [-0.2, -0.15) is 0 Å². The molecule has 11 nitrogen and oxygen atoms in total. The Kier molecular flexibility index (Phi) is 20.2. The average Bonchev–Trinajstić information content (AvgIpc) is 3.54. The van der Waals surface area contributed by atoms with E-state index in [1.165, 1.54) is 64.2 Å². The van der Waals surface area contributed by atoms with Crippen molar-refractivity contribution in [2.45, 2.75) is 116 Å². The maximum absolute atomic E-state index is 13.0. The summed E-state index contributed by atoms with van der Waals surface area (Å²) in [6.45, 7) is 6.60. The molecule has 1 unspecified atom stereocenters. The van der Waals surface area contributed by atoms with Gasteiger partial charge in [-0.05, 0) is 50.9 Å². The van der Waals surface area contributed by atoms with Gasteiger partial charge in [0.1, 0.15) is 5.75 Å². The van der Waals surface area contributed by atoms with Crippen molar-refractivity contribution in [2.75, 3.05) is 44.6 Å². The van der Waals surface area contributed by atoms with E-state index >= 15 is 0 Å². The summed E-state index contributed by atoms with van der Waals surface area (Å²) >= 11 is 0. The number of unbranched alkanes of at least 4 members (excludes halogenated alkanes) is 9. The molecule has 1 aliphatic rings. The van der Waals surface area contributed by atoms with Gasteiger partial charge < -0.3 is 36.6 Å². The van der Waals surface area contributed by atoms with Gasteiger partial charge in [0.2, 0.25) is 17.7 Å². The van der Waals surface area contributed by atoms with Crippen LogP contribution in [-0.2, 0) is 19.2 Å². The van der Waals surface area contributed by atoms with Gasteiger partial charge in [0, 0.05) is 50.7 Å². The second kappa shape index (κ2) is 24.0. The average molecular weight is 631 g/mol. The van der Waals surface area contributed by atoms with Gasteiger partial charge in [0.05, 0.1) is 6.61 Å². The van der Waals surface area contributed by atoms with Crippen LogP contribution in [-0.4, -0.2) is 74.0 Å². The molecule has 0 saturated carbocycles. The molecule has 6 N–H and O–H groups in total. The van der Waals surface area contributed by atoms with E-state index in [-0.39, 0.29) is 24.7 Å². The second-order valence-corrected chi connectivity index (χ2v) is 12.0. The van der Waals surface area contributed by atoms with Crippen LogP contribution in [0.2, 0.25) is 0 Å². The lowest BCUT2D eigenvalue weighted by atomic mass is 10.1. The predicted molar refractivity (Wildman–Crippen MR) is 179 cm³/mol. The minimum absolute atomic E-state index is 0.0376. The van der Waals surface area contributed by atoms with Gasteiger partial charge in [-0.1, -0.05) is 70.8 Å². The van der Waals surface area contributed by atoms with Crippen molar-refractivity contribution < 1.29 is 23.9 Å². The largest absolute Gasteiger partial charge is 0.494 e. The molecule has 1 atom stereocenters. The lowest BCUT2D eigenvalue weighted by molar-refractivity contribution is -0.129. The lowest BCUT2D eigenvalue weighted by Crippen LogP contribution is -2.52. The first-order chi connectivity index (χ1) is 21.9. The number of carbonyl (C=O) groups excluding carboxylic acids is 4. The number of ether oxygens (including phenoxy) is 1. The molecule has 4 amide bonds. The monoisotopic (exact) mass is 630 g/mol. The zero-order valence-corrected chi connectivity index (χ0v) is 27.5. The molecule has 2 rings (SSSR count). The number of likely N-dealkylation sites (tertiary alicyclic amines) is 1. The van der Waals surface area contributed by atoms with Crippen molar-refractivity contribution in [3.63, 3.8) is 0 Å². The Labute approximate surface area is 270 Å². The summed E-state index contributed by atoms with van der Waals surface area (Å²) in [5.41, 5.74) is 5.75. The minimum atomic E-state index is -1.04. The fraction of sp³-hybridized carbons (Fsp3) is 0.706. The summed E-state index contributed by atoms with van der Waals surface area (Å²) in [7, 11) is 0. The van der Waals surface area contributed by atoms with Crippen LogP contribution in [0.1, 0.15) is 110 Å². The van der Waals surface area contributed by atoms with E-state index in [2.05, 4.69) is 33.1 Å². The maximum Gasteiger partial charge on any atom is 0.263 e. The molecule has 0 spiro atoms. The van der Waals surface area contributed by atoms with Crippen LogP contribution >= 0.6 is 0 Å². The van der Waals surface area contributed by atoms with Gasteiger partial charge in [0.15, 0.2) is 6.17 Å². The number of nitrogens with two attached hydrogens (primary N) is 1. The number of carbonyl (C=O) groups is 4. The SMILES string of the molecule is CCCCCCCCCCCCNC(=O)CCCOc1cccc(NC(NC(=O)CCC(N)=O)C(=O)NCCN2CCCC2)c1. The topological polar surface area (TPSA) is 155 Å². The third kappa shape index (κ3) is 18.9. The summed E-state index contributed by atoms with van der Waals surface area (Å²) in [6, 6.07) is 7.10. The lowest BCUT2D eigenvalue weighted by Gasteiger charge is -2.22. The Balaban J connectivity index is 1.68.